The summed E-state index contributed by atoms with van der Waals surface area (Å²) in [6, 6.07) is 15.6. The second-order valence-electron chi connectivity index (χ2n) is 5.92. The second kappa shape index (κ2) is 8.75. The van der Waals surface area contributed by atoms with Gasteiger partial charge in [0.05, 0.1) is 27.3 Å². The lowest BCUT2D eigenvalue weighted by Gasteiger charge is -2.11. The van der Waals surface area contributed by atoms with Gasteiger partial charge in [0.25, 0.3) is 0 Å². The number of methoxy groups -OCH3 is 2. The average Bonchev–Trinajstić information content (AvgIpc) is 3.19. The Hall–Kier alpha value is -3.48. The summed E-state index contributed by atoms with van der Waals surface area (Å²) in [7, 11) is 3.19. The van der Waals surface area contributed by atoms with Crippen molar-refractivity contribution in [3.63, 3.8) is 0 Å². The van der Waals surface area contributed by atoms with Crippen molar-refractivity contribution in [3.05, 3.63) is 72.1 Å². The van der Waals surface area contributed by atoms with Crippen molar-refractivity contribution in [3.8, 4) is 11.5 Å². The van der Waals surface area contributed by atoms with Crippen molar-refractivity contribution in [1.29, 1.82) is 0 Å². The van der Waals surface area contributed by atoms with Crippen LogP contribution in [0.5, 0.6) is 11.5 Å². The van der Waals surface area contributed by atoms with Crippen LogP contribution in [0.3, 0.4) is 0 Å². The molecule has 3 rings (SSSR count). The topological polar surface area (TPSA) is 86.7 Å². The van der Waals surface area contributed by atoms with Crippen LogP contribution in [0, 0.1) is 0 Å². The minimum atomic E-state index is 0.333. The number of rotatable bonds is 7. The summed E-state index contributed by atoms with van der Waals surface area (Å²) in [5.41, 5.74) is 9.04. The molecule has 0 spiro atoms. The van der Waals surface area contributed by atoms with E-state index in [4.69, 9.17) is 15.2 Å². The highest BCUT2D eigenvalue weighted by molar-refractivity contribution is 5.92. The molecule has 0 unspecified atom stereocenters. The number of nitrogens with one attached hydrogen (secondary N) is 1. The van der Waals surface area contributed by atoms with E-state index in [1.54, 1.807) is 20.4 Å². The van der Waals surface area contributed by atoms with Gasteiger partial charge in [-0.3, -0.25) is 4.68 Å². The lowest BCUT2D eigenvalue weighted by molar-refractivity contribution is 0.355. The van der Waals surface area contributed by atoms with Crippen LogP contribution in [0.15, 0.2) is 65.9 Å². The highest BCUT2D eigenvalue weighted by Gasteiger charge is 2.05. The second-order valence-corrected chi connectivity index (χ2v) is 5.92. The van der Waals surface area contributed by atoms with Gasteiger partial charge in [0.15, 0.2) is 17.5 Å². The molecule has 0 saturated carbocycles. The van der Waals surface area contributed by atoms with Crippen molar-refractivity contribution in [2.45, 2.75) is 13.1 Å². The molecule has 0 atom stereocenters. The average molecular weight is 365 g/mol. The number of aliphatic imine (C=N–C) groups is 1. The van der Waals surface area contributed by atoms with Gasteiger partial charge < -0.3 is 20.5 Å². The summed E-state index contributed by atoms with van der Waals surface area (Å²) in [6.07, 6.45) is 3.71. The monoisotopic (exact) mass is 365 g/mol. The molecular formula is C20H23N5O2. The third-order valence-corrected chi connectivity index (χ3v) is 3.98. The standard InChI is InChI=1S/C20H23N5O2/c1-26-18-8-7-17(12-19(18)27-2)24-20(21)22-13-15-5-3-6-16(11-15)14-25-10-4-9-23-25/h3-12H,13-14H2,1-2H3,(H3,21,22,24). The fourth-order valence-electron chi connectivity index (χ4n) is 2.69. The van der Waals surface area contributed by atoms with Crippen molar-refractivity contribution in [2.75, 3.05) is 19.5 Å². The van der Waals surface area contributed by atoms with E-state index in [2.05, 4.69) is 27.5 Å². The first-order valence-corrected chi connectivity index (χ1v) is 8.52. The van der Waals surface area contributed by atoms with E-state index in [0.29, 0.717) is 24.0 Å². The van der Waals surface area contributed by atoms with Gasteiger partial charge in [-0.05, 0) is 29.3 Å². The first-order chi connectivity index (χ1) is 13.2. The fraction of sp³-hybridized carbons (Fsp3) is 0.200. The minimum absolute atomic E-state index is 0.333. The number of benzene rings is 2. The summed E-state index contributed by atoms with van der Waals surface area (Å²) in [5.74, 6) is 1.62. The van der Waals surface area contributed by atoms with Gasteiger partial charge in [0.2, 0.25) is 0 Å². The predicted octanol–water partition coefficient (Wildman–Crippen LogP) is 2.88. The highest BCUT2D eigenvalue weighted by Crippen LogP contribution is 2.29. The molecule has 3 N–H and O–H groups in total. The first kappa shape index (κ1) is 18.3. The van der Waals surface area contributed by atoms with E-state index in [9.17, 15) is 0 Å². The van der Waals surface area contributed by atoms with Crippen molar-refractivity contribution >= 4 is 11.6 Å². The number of hydrogen-bond donors (Lipinski definition) is 2. The number of hydrogen-bond acceptors (Lipinski definition) is 4. The van der Waals surface area contributed by atoms with Gasteiger partial charge in [-0.1, -0.05) is 24.3 Å². The Morgan fingerprint density at radius 1 is 1.07 bits per heavy atom. The Morgan fingerprint density at radius 2 is 1.89 bits per heavy atom. The molecule has 0 fully saturated rings. The normalized spacial score (nSPS) is 11.3. The van der Waals surface area contributed by atoms with E-state index in [-0.39, 0.29) is 0 Å². The Balaban J connectivity index is 1.63. The first-order valence-electron chi connectivity index (χ1n) is 8.52. The molecule has 0 saturated heterocycles. The Labute approximate surface area is 158 Å². The van der Waals surface area contributed by atoms with Crippen LogP contribution in [0.4, 0.5) is 5.69 Å². The van der Waals surface area contributed by atoms with E-state index >= 15 is 0 Å². The maximum Gasteiger partial charge on any atom is 0.193 e. The largest absolute Gasteiger partial charge is 0.493 e. The quantitative estimate of drug-likeness (QED) is 0.497. The van der Waals surface area contributed by atoms with Crippen molar-refractivity contribution in [1.82, 2.24) is 9.78 Å². The molecule has 0 amide bonds. The molecule has 0 aliphatic heterocycles. The van der Waals surface area contributed by atoms with Crippen LogP contribution < -0.4 is 20.5 Å². The van der Waals surface area contributed by atoms with Crippen LogP contribution in [0.2, 0.25) is 0 Å². The van der Waals surface area contributed by atoms with E-state index in [1.165, 1.54) is 0 Å². The summed E-state index contributed by atoms with van der Waals surface area (Å²) in [4.78, 5) is 4.41. The van der Waals surface area contributed by atoms with Crippen LogP contribution in [0.25, 0.3) is 0 Å². The Morgan fingerprint density at radius 3 is 2.63 bits per heavy atom. The molecule has 3 aromatic rings. The molecular weight excluding hydrogens is 342 g/mol. The summed E-state index contributed by atoms with van der Waals surface area (Å²) >= 11 is 0. The number of guanidine groups is 1. The predicted molar refractivity (Wildman–Crippen MR) is 106 cm³/mol. The number of ether oxygens (including phenoxy) is 2. The van der Waals surface area contributed by atoms with Gasteiger partial charge in [-0.15, -0.1) is 0 Å². The molecule has 7 nitrogen and oxygen atoms in total. The molecule has 2 aromatic carbocycles. The lowest BCUT2D eigenvalue weighted by atomic mass is 10.1. The molecule has 1 aromatic heterocycles. The number of nitrogens with two attached hydrogens (primary N) is 1. The summed E-state index contributed by atoms with van der Waals surface area (Å²) < 4.78 is 12.4. The third-order valence-electron chi connectivity index (χ3n) is 3.98. The lowest BCUT2D eigenvalue weighted by Crippen LogP contribution is -2.22. The molecule has 27 heavy (non-hydrogen) atoms. The van der Waals surface area contributed by atoms with Crippen LogP contribution in [0.1, 0.15) is 11.1 Å². The van der Waals surface area contributed by atoms with Crippen molar-refractivity contribution in [2.24, 2.45) is 10.7 Å². The highest BCUT2D eigenvalue weighted by atomic mass is 16.5. The van der Waals surface area contributed by atoms with E-state index < -0.39 is 0 Å². The fourth-order valence-corrected chi connectivity index (χ4v) is 2.69. The smallest absolute Gasteiger partial charge is 0.193 e. The van der Waals surface area contributed by atoms with Crippen LogP contribution in [-0.2, 0) is 13.1 Å². The Kier molecular flexibility index (Phi) is 5.94. The van der Waals surface area contributed by atoms with Gasteiger partial charge in [0.1, 0.15) is 0 Å². The van der Waals surface area contributed by atoms with Gasteiger partial charge in [-0.2, -0.15) is 5.10 Å². The summed E-state index contributed by atoms with van der Waals surface area (Å²) in [5, 5.41) is 7.30. The zero-order valence-electron chi connectivity index (χ0n) is 15.4. The molecule has 7 heteroatoms. The third kappa shape index (κ3) is 5.01. The van der Waals surface area contributed by atoms with Crippen LogP contribution in [-0.4, -0.2) is 30.0 Å². The number of nitrogens with zero attached hydrogens (tertiary/aromatic N) is 3. The maximum absolute atomic E-state index is 6.02. The molecule has 140 valence electrons. The van der Waals surface area contributed by atoms with Gasteiger partial charge in [0, 0.05) is 24.1 Å². The maximum atomic E-state index is 6.02. The molecule has 0 aliphatic carbocycles. The van der Waals surface area contributed by atoms with E-state index in [1.807, 2.05) is 47.3 Å². The molecule has 1 heterocycles. The van der Waals surface area contributed by atoms with Crippen LogP contribution >= 0.6 is 0 Å². The molecule has 0 bridgehead atoms. The van der Waals surface area contributed by atoms with E-state index in [0.717, 1.165) is 23.4 Å². The minimum Gasteiger partial charge on any atom is -0.493 e. The zero-order valence-corrected chi connectivity index (χ0v) is 15.4. The van der Waals surface area contributed by atoms with Gasteiger partial charge >= 0.3 is 0 Å². The SMILES string of the molecule is COc1ccc(NC(N)=NCc2cccc(Cn3cccn3)c2)cc1OC. The molecule has 0 radical (unpaired) electrons. The molecule has 0 aliphatic rings. The number of aromatic nitrogens is 2. The zero-order chi connectivity index (χ0) is 19.1. The summed E-state index contributed by atoms with van der Waals surface area (Å²) in [6.45, 7) is 1.21. The van der Waals surface area contributed by atoms with Crippen molar-refractivity contribution < 1.29 is 9.47 Å². The number of anilines is 1. The van der Waals surface area contributed by atoms with Gasteiger partial charge in [-0.25, -0.2) is 4.99 Å². The Bertz CT molecular complexity index is 906.